The summed E-state index contributed by atoms with van der Waals surface area (Å²) in [6.45, 7) is 4.30. The van der Waals surface area contributed by atoms with Crippen molar-refractivity contribution in [2.24, 2.45) is 11.8 Å². The van der Waals surface area contributed by atoms with Crippen molar-refractivity contribution in [3.05, 3.63) is 12.2 Å². The third-order valence-electron chi connectivity index (χ3n) is 1.87. The minimum absolute atomic E-state index is 0.0550. The van der Waals surface area contributed by atoms with E-state index < -0.39 is 0 Å². The zero-order chi connectivity index (χ0) is 6.91. The lowest BCUT2D eigenvalue weighted by Gasteiger charge is -2.20. The van der Waals surface area contributed by atoms with Crippen molar-refractivity contribution in [3.63, 3.8) is 0 Å². The molecule has 0 bridgehead atoms. The van der Waals surface area contributed by atoms with E-state index in [1.54, 1.807) is 0 Å². The maximum Gasteiger partial charge on any atom is 0.0478 e. The topological polar surface area (TPSA) is 38.0 Å². The average molecular weight is 126 g/mol. The second-order valence-corrected chi connectivity index (χ2v) is 3.10. The first-order valence-corrected chi connectivity index (χ1v) is 3.33. The van der Waals surface area contributed by atoms with Crippen molar-refractivity contribution in [2.45, 2.75) is 25.8 Å². The summed E-state index contributed by atoms with van der Waals surface area (Å²) in [6, 6.07) is 0. The van der Waals surface area contributed by atoms with Gasteiger partial charge < -0.3 is 0 Å². The number of hydrogen-bond acceptors (Lipinski definition) is 2. The lowest BCUT2D eigenvalue weighted by atomic mass is 10.00. The Morgan fingerprint density at radius 1 is 1.78 bits per heavy atom. The normalized spacial score (nSPS) is 41.9. The van der Waals surface area contributed by atoms with Gasteiger partial charge in [-0.3, -0.25) is 11.3 Å². The Labute approximate surface area is 56.1 Å². The maximum atomic E-state index is 5.33. The maximum absolute atomic E-state index is 5.33. The highest BCUT2D eigenvalue weighted by Crippen LogP contribution is 2.25. The van der Waals surface area contributed by atoms with Gasteiger partial charge in [0.1, 0.15) is 0 Å². The molecule has 3 N–H and O–H groups in total. The van der Waals surface area contributed by atoms with E-state index in [4.69, 9.17) is 5.84 Å². The van der Waals surface area contributed by atoms with E-state index in [1.165, 1.54) is 0 Å². The molecule has 2 unspecified atom stereocenters. The highest BCUT2D eigenvalue weighted by Gasteiger charge is 2.25. The second-order valence-electron chi connectivity index (χ2n) is 3.10. The summed E-state index contributed by atoms with van der Waals surface area (Å²) in [5, 5.41) is 0. The first kappa shape index (κ1) is 6.78. The van der Waals surface area contributed by atoms with Gasteiger partial charge >= 0.3 is 0 Å². The van der Waals surface area contributed by atoms with Crippen LogP contribution in [0.5, 0.6) is 0 Å². The second kappa shape index (κ2) is 2.12. The Balaban J connectivity index is 2.57. The highest BCUT2D eigenvalue weighted by atomic mass is 15.3. The van der Waals surface area contributed by atoms with Crippen LogP contribution in [0.15, 0.2) is 12.2 Å². The van der Waals surface area contributed by atoms with Crippen LogP contribution in [0.1, 0.15) is 20.3 Å². The molecule has 0 aliphatic heterocycles. The van der Waals surface area contributed by atoms with Crippen LogP contribution in [-0.4, -0.2) is 5.54 Å². The Hall–Kier alpha value is -0.340. The molecule has 1 aliphatic rings. The predicted octanol–water partition coefficient (Wildman–Crippen LogP) is 0.804. The van der Waals surface area contributed by atoms with Crippen LogP contribution in [0.25, 0.3) is 0 Å². The summed E-state index contributed by atoms with van der Waals surface area (Å²) >= 11 is 0. The third kappa shape index (κ3) is 1.32. The van der Waals surface area contributed by atoms with Gasteiger partial charge in [-0.2, -0.15) is 0 Å². The quantitative estimate of drug-likeness (QED) is 0.310. The van der Waals surface area contributed by atoms with Gasteiger partial charge in [-0.15, -0.1) is 0 Å². The number of rotatable bonds is 1. The largest absolute Gasteiger partial charge is 0.271 e. The van der Waals surface area contributed by atoms with E-state index in [-0.39, 0.29) is 5.54 Å². The van der Waals surface area contributed by atoms with Gasteiger partial charge in [-0.1, -0.05) is 19.1 Å². The SMILES string of the molecule is CC1C=CC(C)(NN)C1. The van der Waals surface area contributed by atoms with Crippen LogP contribution in [0.2, 0.25) is 0 Å². The fourth-order valence-corrected chi connectivity index (χ4v) is 1.29. The fraction of sp³-hybridized carbons (Fsp3) is 0.714. The Morgan fingerprint density at radius 2 is 2.44 bits per heavy atom. The molecule has 0 saturated heterocycles. The highest BCUT2D eigenvalue weighted by molar-refractivity contribution is 5.12. The van der Waals surface area contributed by atoms with E-state index in [2.05, 4.69) is 31.4 Å². The number of nitrogens with one attached hydrogen (secondary N) is 1. The lowest BCUT2D eigenvalue weighted by Crippen LogP contribution is -2.44. The van der Waals surface area contributed by atoms with E-state index in [1.807, 2.05) is 0 Å². The number of nitrogens with two attached hydrogens (primary N) is 1. The van der Waals surface area contributed by atoms with E-state index in [9.17, 15) is 0 Å². The molecule has 0 aromatic carbocycles. The standard InChI is InChI=1S/C7H14N2/c1-6-3-4-7(2,5-6)9-8/h3-4,6,9H,5,8H2,1-2H3. The molecule has 0 spiro atoms. The molecule has 0 aromatic heterocycles. The van der Waals surface area contributed by atoms with Crippen molar-refractivity contribution in [1.29, 1.82) is 0 Å². The first-order valence-electron chi connectivity index (χ1n) is 3.33. The Kier molecular flexibility index (Phi) is 1.60. The van der Waals surface area contributed by atoms with Gasteiger partial charge in [0.15, 0.2) is 0 Å². The molecule has 2 atom stereocenters. The smallest absolute Gasteiger partial charge is 0.0478 e. The third-order valence-corrected chi connectivity index (χ3v) is 1.87. The summed E-state index contributed by atoms with van der Waals surface area (Å²) in [5.41, 5.74) is 2.84. The molecule has 0 aromatic rings. The van der Waals surface area contributed by atoms with Gasteiger partial charge in [0, 0.05) is 5.54 Å². The van der Waals surface area contributed by atoms with Crippen LogP contribution < -0.4 is 11.3 Å². The molecule has 1 aliphatic carbocycles. The summed E-state index contributed by atoms with van der Waals surface area (Å²) in [4.78, 5) is 0. The molecule has 2 heteroatoms. The van der Waals surface area contributed by atoms with Crippen LogP contribution in [0.4, 0.5) is 0 Å². The van der Waals surface area contributed by atoms with Gasteiger partial charge in [-0.25, -0.2) is 0 Å². The lowest BCUT2D eigenvalue weighted by molar-refractivity contribution is 0.407. The van der Waals surface area contributed by atoms with Gasteiger partial charge in [0.2, 0.25) is 0 Å². The van der Waals surface area contributed by atoms with E-state index in [0.717, 1.165) is 6.42 Å². The van der Waals surface area contributed by atoms with Crippen LogP contribution in [0, 0.1) is 5.92 Å². The number of allylic oxidation sites excluding steroid dienone is 1. The van der Waals surface area contributed by atoms with Crippen molar-refractivity contribution >= 4 is 0 Å². The number of hydrogen-bond donors (Lipinski definition) is 2. The van der Waals surface area contributed by atoms with Crippen LogP contribution >= 0.6 is 0 Å². The molecule has 2 nitrogen and oxygen atoms in total. The minimum atomic E-state index is 0.0550. The molecule has 52 valence electrons. The van der Waals surface area contributed by atoms with Crippen LogP contribution in [-0.2, 0) is 0 Å². The Morgan fingerprint density at radius 3 is 2.67 bits per heavy atom. The Bertz CT molecular complexity index is 131. The zero-order valence-corrected chi connectivity index (χ0v) is 6.02. The summed E-state index contributed by atoms with van der Waals surface area (Å²) in [6.07, 6.45) is 5.45. The fourth-order valence-electron chi connectivity index (χ4n) is 1.29. The summed E-state index contributed by atoms with van der Waals surface area (Å²) in [7, 11) is 0. The molecule has 0 fully saturated rings. The monoisotopic (exact) mass is 126 g/mol. The van der Waals surface area contributed by atoms with Crippen molar-refractivity contribution in [1.82, 2.24) is 5.43 Å². The molecule has 0 heterocycles. The van der Waals surface area contributed by atoms with Crippen molar-refractivity contribution < 1.29 is 0 Å². The molecule has 0 amide bonds. The zero-order valence-electron chi connectivity index (χ0n) is 6.02. The summed E-state index contributed by atoms with van der Waals surface area (Å²) in [5.74, 6) is 6.00. The summed E-state index contributed by atoms with van der Waals surface area (Å²) < 4.78 is 0. The molecule has 1 rings (SSSR count). The molecule has 0 saturated carbocycles. The molecular weight excluding hydrogens is 112 g/mol. The van der Waals surface area contributed by atoms with Crippen molar-refractivity contribution in [2.75, 3.05) is 0 Å². The minimum Gasteiger partial charge on any atom is -0.271 e. The molecule has 9 heavy (non-hydrogen) atoms. The van der Waals surface area contributed by atoms with E-state index in [0.29, 0.717) is 5.92 Å². The predicted molar refractivity (Wildman–Crippen MR) is 38.6 cm³/mol. The molecule has 0 radical (unpaired) electrons. The van der Waals surface area contributed by atoms with Gasteiger partial charge in [0.25, 0.3) is 0 Å². The number of hydrazine groups is 1. The van der Waals surface area contributed by atoms with Gasteiger partial charge in [0.05, 0.1) is 0 Å². The van der Waals surface area contributed by atoms with E-state index >= 15 is 0 Å². The van der Waals surface area contributed by atoms with Gasteiger partial charge in [-0.05, 0) is 19.3 Å². The molecular formula is C7H14N2. The van der Waals surface area contributed by atoms with Crippen molar-refractivity contribution in [3.8, 4) is 0 Å². The first-order chi connectivity index (χ1) is 4.16. The average Bonchev–Trinajstić information content (AvgIpc) is 2.13. The van der Waals surface area contributed by atoms with Crippen LogP contribution in [0.3, 0.4) is 0 Å².